The van der Waals surface area contributed by atoms with Gasteiger partial charge >= 0.3 is 5.97 Å². The zero-order valence-electron chi connectivity index (χ0n) is 15.5. The van der Waals surface area contributed by atoms with Gasteiger partial charge in [0.2, 0.25) is 5.91 Å². The molecule has 4 rings (SSSR count). The first-order valence-corrected chi connectivity index (χ1v) is 10.4. The smallest absolute Gasteiger partial charge is 0.352 e. The summed E-state index contributed by atoms with van der Waals surface area (Å²) in [5, 5.41) is 10.7. The average Bonchev–Trinajstić information content (AvgIpc) is 3.06. The monoisotopic (exact) mass is 475 g/mol. The van der Waals surface area contributed by atoms with E-state index in [-0.39, 0.29) is 18.0 Å². The molecule has 1 amide bonds. The van der Waals surface area contributed by atoms with Crippen LogP contribution in [0.15, 0.2) is 46.9 Å². The maximum atomic E-state index is 12.9. The second kappa shape index (κ2) is 8.08. The number of halogens is 2. The van der Waals surface area contributed by atoms with Crippen molar-refractivity contribution in [1.82, 2.24) is 9.88 Å². The largest absolute Gasteiger partial charge is 0.477 e. The summed E-state index contributed by atoms with van der Waals surface area (Å²) in [5.41, 5.74) is 2.31. The molecule has 0 radical (unpaired) electrons. The average molecular weight is 477 g/mol. The van der Waals surface area contributed by atoms with Crippen LogP contribution in [-0.2, 0) is 11.2 Å². The fourth-order valence-corrected chi connectivity index (χ4v) is 4.15. The fourth-order valence-electron chi connectivity index (χ4n) is 3.72. The van der Waals surface area contributed by atoms with E-state index in [9.17, 15) is 14.7 Å². The number of rotatable bonds is 4. The molecule has 0 aliphatic carbocycles. The maximum absolute atomic E-state index is 12.9. The molecule has 6 nitrogen and oxygen atoms in total. The third-order valence-electron chi connectivity index (χ3n) is 5.23. The number of carbonyl (C=O) groups excluding carboxylic acids is 1. The SMILES string of the molecule is O=C(O)c1[nH]c2ccc(Cl)cc2c1CC(=O)N1CCN(c2ccc(Br)cc2)CC1. The van der Waals surface area contributed by atoms with E-state index in [0.29, 0.717) is 34.6 Å². The summed E-state index contributed by atoms with van der Waals surface area (Å²) < 4.78 is 1.03. The summed E-state index contributed by atoms with van der Waals surface area (Å²) in [7, 11) is 0. The number of nitrogens with zero attached hydrogens (tertiary/aromatic N) is 2. The van der Waals surface area contributed by atoms with Gasteiger partial charge in [0.25, 0.3) is 0 Å². The maximum Gasteiger partial charge on any atom is 0.352 e. The zero-order valence-corrected chi connectivity index (χ0v) is 17.8. The van der Waals surface area contributed by atoms with Crippen LogP contribution in [-0.4, -0.2) is 53.0 Å². The number of carboxylic acid groups (broad SMARTS) is 1. The summed E-state index contributed by atoms with van der Waals surface area (Å²) in [5.74, 6) is -1.16. The number of H-pyrrole nitrogens is 1. The van der Waals surface area contributed by atoms with Crippen molar-refractivity contribution >= 4 is 56.0 Å². The van der Waals surface area contributed by atoms with Gasteiger partial charge in [-0.15, -0.1) is 0 Å². The van der Waals surface area contributed by atoms with Crippen molar-refractivity contribution in [2.75, 3.05) is 31.1 Å². The summed E-state index contributed by atoms with van der Waals surface area (Å²) in [6, 6.07) is 13.2. The molecule has 1 aliphatic rings. The fraction of sp³-hybridized carbons (Fsp3) is 0.238. The number of aromatic amines is 1. The van der Waals surface area contributed by atoms with Crippen LogP contribution in [0.2, 0.25) is 5.02 Å². The number of nitrogens with one attached hydrogen (secondary N) is 1. The number of benzene rings is 2. The van der Waals surface area contributed by atoms with Crippen LogP contribution < -0.4 is 4.90 Å². The van der Waals surface area contributed by atoms with Crippen molar-refractivity contribution in [3.05, 3.63) is 63.2 Å². The molecular weight excluding hydrogens is 458 g/mol. The molecule has 1 aliphatic heterocycles. The van der Waals surface area contributed by atoms with Crippen molar-refractivity contribution in [1.29, 1.82) is 0 Å². The van der Waals surface area contributed by atoms with Crippen molar-refractivity contribution in [2.24, 2.45) is 0 Å². The summed E-state index contributed by atoms with van der Waals surface area (Å²) >= 11 is 9.52. The Labute approximate surface area is 181 Å². The van der Waals surface area contributed by atoms with Crippen molar-refractivity contribution in [3.8, 4) is 0 Å². The number of amides is 1. The highest BCUT2D eigenvalue weighted by Crippen LogP contribution is 2.27. The molecule has 0 unspecified atom stereocenters. The number of fused-ring (bicyclic) bond motifs is 1. The molecule has 0 saturated carbocycles. The zero-order chi connectivity index (χ0) is 20.5. The van der Waals surface area contributed by atoms with E-state index in [1.54, 1.807) is 23.1 Å². The Morgan fingerprint density at radius 1 is 1.07 bits per heavy atom. The Hall–Kier alpha value is -2.51. The van der Waals surface area contributed by atoms with Gasteiger partial charge in [-0.25, -0.2) is 4.79 Å². The van der Waals surface area contributed by atoms with E-state index in [0.717, 1.165) is 23.2 Å². The molecule has 2 heterocycles. The van der Waals surface area contributed by atoms with Crippen LogP contribution >= 0.6 is 27.5 Å². The molecule has 1 aromatic heterocycles. The Kier molecular flexibility index (Phi) is 5.52. The first-order chi connectivity index (χ1) is 13.9. The van der Waals surface area contributed by atoms with Gasteiger partial charge in [0, 0.05) is 57.8 Å². The molecule has 29 heavy (non-hydrogen) atoms. The van der Waals surface area contributed by atoms with Crippen LogP contribution in [0.3, 0.4) is 0 Å². The lowest BCUT2D eigenvalue weighted by Crippen LogP contribution is -2.49. The molecule has 8 heteroatoms. The van der Waals surface area contributed by atoms with E-state index in [2.05, 4.69) is 37.9 Å². The Morgan fingerprint density at radius 2 is 1.76 bits per heavy atom. The van der Waals surface area contributed by atoms with E-state index in [4.69, 9.17) is 11.6 Å². The number of piperazine rings is 1. The number of carboxylic acids is 1. The van der Waals surface area contributed by atoms with Crippen LogP contribution in [0.4, 0.5) is 5.69 Å². The summed E-state index contributed by atoms with van der Waals surface area (Å²) in [6.45, 7) is 2.67. The summed E-state index contributed by atoms with van der Waals surface area (Å²) in [6.07, 6.45) is 0.0280. The summed E-state index contributed by atoms with van der Waals surface area (Å²) in [4.78, 5) is 31.5. The van der Waals surface area contributed by atoms with E-state index in [1.165, 1.54) is 0 Å². The first kappa shape index (κ1) is 19.8. The second-order valence-electron chi connectivity index (χ2n) is 6.99. The van der Waals surface area contributed by atoms with Gasteiger partial charge < -0.3 is 19.9 Å². The van der Waals surface area contributed by atoms with Gasteiger partial charge in [-0.05, 0) is 42.5 Å². The Morgan fingerprint density at radius 3 is 2.41 bits per heavy atom. The first-order valence-electron chi connectivity index (χ1n) is 9.24. The van der Waals surface area contributed by atoms with Crippen LogP contribution in [0, 0.1) is 0 Å². The third-order valence-corrected chi connectivity index (χ3v) is 6.00. The molecule has 1 saturated heterocycles. The highest BCUT2D eigenvalue weighted by molar-refractivity contribution is 9.10. The Bertz CT molecular complexity index is 1070. The Balaban J connectivity index is 1.49. The number of aromatic nitrogens is 1. The van der Waals surface area contributed by atoms with Crippen LogP contribution in [0.5, 0.6) is 0 Å². The van der Waals surface area contributed by atoms with Crippen molar-refractivity contribution in [3.63, 3.8) is 0 Å². The highest BCUT2D eigenvalue weighted by Gasteiger charge is 2.25. The number of aromatic carboxylic acids is 1. The van der Waals surface area contributed by atoms with Gasteiger partial charge in [0.15, 0.2) is 0 Å². The molecule has 2 aromatic carbocycles. The van der Waals surface area contributed by atoms with Crippen LogP contribution in [0.25, 0.3) is 10.9 Å². The second-order valence-corrected chi connectivity index (χ2v) is 8.35. The van der Waals surface area contributed by atoms with E-state index >= 15 is 0 Å². The molecule has 150 valence electrons. The number of carbonyl (C=O) groups is 2. The standard InChI is InChI=1S/C21H19BrClN3O3/c22-13-1-4-15(5-2-13)25-7-9-26(10-8-25)19(27)12-17-16-11-14(23)3-6-18(16)24-20(17)21(28)29/h1-6,11,24H,7-10,12H2,(H,28,29). The third kappa shape index (κ3) is 4.11. The lowest BCUT2D eigenvalue weighted by atomic mass is 10.1. The van der Waals surface area contributed by atoms with Gasteiger partial charge in [-0.1, -0.05) is 27.5 Å². The predicted octanol–water partition coefficient (Wildman–Crippen LogP) is 4.17. The highest BCUT2D eigenvalue weighted by atomic mass is 79.9. The van der Waals surface area contributed by atoms with E-state index < -0.39 is 5.97 Å². The molecular formula is C21H19BrClN3O3. The van der Waals surface area contributed by atoms with Gasteiger partial charge in [0.1, 0.15) is 5.69 Å². The molecule has 1 fully saturated rings. The molecule has 0 spiro atoms. The van der Waals surface area contributed by atoms with Gasteiger partial charge in [-0.3, -0.25) is 4.79 Å². The minimum absolute atomic E-state index is 0.0280. The van der Waals surface area contributed by atoms with Gasteiger partial charge in [-0.2, -0.15) is 0 Å². The lowest BCUT2D eigenvalue weighted by Gasteiger charge is -2.36. The quantitative estimate of drug-likeness (QED) is 0.592. The number of anilines is 1. The lowest BCUT2D eigenvalue weighted by molar-refractivity contribution is -0.130. The van der Waals surface area contributed by atoms with E-state index in [1.807, 2.05) is 12.1 Å². The number of hydrogen-bond donors (Lipinski definition) is 2. The van der Waals surface area contributed by atoms with Gasteiger partial charge in [0.05, 0.1) is 6.42 Å². The minimum atomic E-state index is -1.08. The predicted molar refractivity (Wildman–Crippen MR) is 117 cm³/mol. The molecule has 0 bridgehead atoms. The molecule has 2 N–H and O–H groups in total. The van der Waals surface area contributed by atoms with Crippen molar-refractivity contribution in [2.45, 2.75) is 6.42 Å². The van der Waals surface area contributed by atoms with Crippen molar-refractivity contribution < 1.29 is 14.7 Å². The molecule has 3 aromatic rings. The molecule has 0 atom stereocenters. The van der Waals surface area contributed by atoms with Crippen LogP contribution in [0.1, 0.15) is 16.1 Å². The topological polar surface area (TPSA) is 76.6 Å². The number of hydrogen-bond acceptors (Lipinski definition) is 3. The normalized spacial score (nSPS) is 14.4. The minimum Gasteiger partial charge on any atom is -0.477 e.